The number of methoxy groups -OCH3 is 2. The van der Waals surface area contributed by atoms with Gasteiger partial charge in [-0.1, -0.05) is 0 Å². The number of hydrogen-bond donors (Lipinski definition) is 2. The summed E-state index contributed by atoms with van der Waals surface area (Å²) in [5.74, 6) is 3.58. The number of ether oxygens (including phenoxy) is 2. The van der Waals surface area contributed by atoms with Crippen LogP contribution in [0.25, 0.3) is 0 Å². The van der Waals surface area contributed by atoms with Gasteiger partial charge in [-0.15, -0.1) is 12.4 Å². The van der Waals surface area contributed by atoms with Crippen LogP contribution < -0.4 is 20.1 Å². The minimum Gasteiger partial charge on any atom is -0.493 e. The molecule has 1 aromatic rings. The molecule has 1 heterocycles. The lowest BCUT2D eigenvalue weighted by Crippen LogP contribution is -2.41. The van der Waals surface area contributed by atoms with Crippen LogP contribution in [0, 0.1) is 6.92 Å². The third-order valence-electron chi connectivity index (χ3n) is 4.05. The highest BCUT2D eigenvalue weighted by Gasteiger charge is 2.20. The topological polar surface area (TPSA) is 59.6 Å². The number of benzene rings is 1. The van der Waals surface area contributed by atoms with E-state index in [1.807, 2.05) is 37.7 Å². The van der Waals surface area contributed by atoms with Crippen LogP contribution in [0.15, 0.2) is 12.1 Å². The second-order valence-electron chi connectivity index (χ2n) is 5.78. The van der Waals surface area contributed by atoms with Crippen molar-refractivity contribution in [1.82, 2.24) is 10.6 Å². The summed E-state index contributed by atoms with van der Waals surface area (Å²) in [6, 6.07) is 4.08. The Labute approximate surface area is 154 Å². The minimum atomic E-state index is -0.0708. The summed E-state index contributed by atoms with van der Waals surface area (Å²) >= 11 is 1.90. The second kappa shape index (κ2) is 10.0. The van der Waals surface area contributed by atoms with Crippen molar-refractivity contribution in [3.63, 3.8) is 0 Å². The van der Waals surface area contributed by atoms with Crippen molar-refractivity contribution < 1.29 is 14.3 Å². The molecule has 7 heteroatoms. The zero-order valence-corrected chi connectivity index (χ0v) is 16.3. The SMILES string of the molecule is COc1cc(C)c(C(C)NC(=O)CC2CSCCN2)cc1OC.Cl. The van der Waals surface area contributed by atoms with Gasteiger partial charge in [-0.3, -0.25) is 4.79 Å². The first-order valence-electron chi connectivity index (χ1n) is 7.88. The lowest BCUT2D eigenvalue weighted by atomic mass is 10.0. The minimum absolute atomic E-state index is 0. The van der Waals surface area contributed by atoms with Gasteiger partial charge in [0.2, 0.25) is 5.91 Å². The van der Waals surface area contributed by atoms with E-state index in [9.17, 15) is 4.79 Å². The third kappa shape index (κ3) is 5.46. The molecule has 0 aromatic heterocycles. The average molecular weight is 375 g/mol. The van der Waals surface area contributed by atoms with E-state index in [-0.39, 0.29) is 30.4 Å². The van der Waals surface area contributed by atoms with Gasteiger partial charge in [0.05, 0.1) is 20.3 Å². The predicted octanol–water partition coefficient (Wildman–Crippen LogP) is 2.71. The summed E-state index contributed by atoms with van der Waals surface area (Å²) in [4.78, 5) is 12.3. The molecule has 2 atom stereocenters. The number of amides is 1. The molecule has 1 amide bonds. The predicted molar refractivity (Wildman–Crippen MR) is 102 cm³/mol. The lowest BCUT2D eigenvalue weighted by Gasteiger charge is -2.24. The third-order valence-corrected chi connectivity index (χ3v) is 5.18. The molecule has 0 radical (unpaired) electrons. The second-order valence-corrected chi connectivity index (χ2v) is 6.93. The van der Waals surface area contributed by atoms with Gasteiger partial charge in [0.25, 0.3) is 0 Å². The van der Waals surface area contributed by atoms with Crippen molar-refractivity contribution in [2.45, 2.75) is 32.4 Å². The highest BCUT2D eigenvalue weighted by molar-refractivity contribution is 7.99. The van der Waals surface area contributed by atoms with Gasteiger partial charge >= 0.3 is 0 Å². The van der Waals surface area contributed by atoms with Crippen LogP contribution in [0.3, 0.4) is 0 Å². The van der Waals surface area contributed by atoms with E-state index in [0.717, 1.165) is 29.2 Å². The van der Waals surface area contributed by atoms with E-state index in [1.165, 1.54) is 0 Å². The molecule has 2 unspecified atom stereocenters. The average Bonchev–Trinajstić information content (AvgIpc) is 2.55. The molecule has 0 saturated carbocycles. The Balaban J connectivity index is 0.00000288. The molecule has 1 aliphatic heterocycles. The summed E-state index contributed by atoms with van der Waals surface area (Å²) in [5, 5.41) is 6.48. The Kier molecular flexibility index (Phi) is 8.73. The fourth-order valence-electron chi connectivity index (χ4n) is 2.82. The quantitative estimate of drug-likeness (QED) is 0.801. The fourth-order valence-corrected chi connectivity index (χ4v) is 3.76. The summed E-state index contributed by atoms with van der Waals surface area (Å²) in [5.41, 5.74) is 2.11. The largest absolute Gasteiger partial charge is 0.493 e. The van der Waals surface area contributed by atoms with Crippen LogP contribution in [-0.4, -0.2) is 44.2 Å². The molecule has 1 aliphatic rings. The van der Waals surface area contributed by atoms with Gasteiger partial charge in [-0.2, -0.15) is 11.8 Å². The molecular weight excluding hydrogens is 348 g/mol. The first kappa shape index (κ1) is 20.9. The monoisotopic (exact) mass is 374 g/mol. The van der Waals surface area contributed by atoms with Crippen LogP contribution in [-0.2, 0) is 4.79 Å². The van der Waals surface area contributed by atoms with Crippen molar-refractivity contribution in [3.05, 3.63) is 23.3 Å². The molecule has 5 nitrogen and oxygen atoms in total. The van der Waals surface area contributed by atoms with E-state index in [1.54, 1.807) is 14.2 Å². The summed E-state index contributed by atoms with van der Waals surface area (Å²) in [6.45, 7) is 4.99. The number of hydrogen-bond acceptors (Lipinski definition) is 5. The smallest absolute Gasteiger partial charge is 0.222 e. The van der Waals surface area contributed by atoms with Crippen molar-refractivity contribution in [2.24, 2.45) is 0 Å². The number of carbonyl (C=O) groups is 1. The molecule has 1 aromatic carbocycles. The highest BCUT2D eigenvalue weighted by atomic mass is 35.5. The van der Waals surface area contributed by atoms with Crippen molar-refractivity contribution in [3.8, 4) is 11.5 Å². The summed E-state index contributed by atoms with van der Waals surface area (Å²) in [6.07, 6.45) is 0.518. The zero-order valence-electron chi connectivity index (χ0n) is 14.7. The molecule has 0 spiro atoms. The molecule has 136 valence electrons. The van der Waals surface area contributed by atoms with Crippen molar-refractivity contribution in [1.29, 1.82) is 0 Å². The highest BCUT2D eigenvalue weighted by Crippen LogP contribution is 2.32. The normalized spacial score (nSPS) is 18.2. The van der Waals surface area contributed by atoms with Crippen LogP contribution in [0.2, 0.25) is 0 Å². The van der Waals surface area contributed by atoms with Gasteiger partial charge in [0.15, 0.2) is 11.5 Å². The number of halogens is 1. The van der Waals surface area contributed by atoms with Crippen LogP contribution in [0.1, 0.15) is 30.5 Å². The van der Waals surface area contributed by atoms with Gasteiger partial charge in [0.1, 0.15) is 0 Å². The van der Waals surface area contributed by atoms with E-state index in [4.69, 9.17) is 9.47 Å². The first-order valence-corrected chi connectivity index (χ1v) is 9.03. The van der Waals surface area contributed by atoms with Gasteiger partial charge in [-0.05, 0) is 37.1 Å². The van der Waals surface area contributed by atoms with E-state index < -0.39 is 0 Å². The molecule has 2 N–H and O–H groups in total. The number of carbonyl (C=O) groups excluding carboxylic acids is 1. The molecule has 1 saturated heterocycles. The fraction of sp³-hybridized carbons (Fsp3) is 0.588. The zero-order chi connectivity index (χ0) is 16.8. The molecule has 24 heavy (non-hydrogen) atoms. The van der Waals surface area contributed by atoms with Crippen LogP contribution >= 0.6 is 24.2 Å². The molecular formula is C17H27ClN2O3S. The van der Waals surface area contributed by atoms with Crippen molar-refractivity contribution >= 4 is 30.1 Å². The maximum absolute atomic E-state index is 12.3. The lowest BCUT2D eigenvalue weighted by molar-refractivity contribution is -0.122. The van der Waals surface area contributed by atoms with Gasteiger partial charge in [0, 0.05) is 30.5 Å². The summed E-state index contributed by atoms with van der Waals surface area (Å²) < 4.78 is 10.7. The van der Waals surface area contributed by atoms with Gasteiger partial charge < -0.3 is 20.1 Å². The van der Waals surface area contributed by atoms with Gasteiger partial charge in [-0.25, -0.2) is 0 Å². The molecule has 1 fully saturated rings. The Morgan fingerprint density at radius 2 is 2.04 bits per heavy atom. The van der Waals surface area contributed by atoms with E-state index >= 15 is 0 Å². The molecule has 0 aliphatic carbocycles. The Hall–Kier alpha value is -1.11. The maximum Gasteiger partial charge on any atom is 0.222 e. The number of rotatable bonds is 6. The number of aryl methyl sites for hydroxylation is 1. The Morgan fingerprint density at radius 3 is 2.62 bits per heavy atom. The standard InChI is InChI=1S/C17H26N2O3S.ClH/c1-11-7-15(21-3)16(22-4)9-14(11)12(2)19-17(20)8-13-10-23-6-5-18-13;/h7,9,12-13,18H,5-6,8,10H2,1-4H3,(H,19,20);1H. The van der Waals surface area contributed by atoms with E-state index in [2.05, 4.69) is 10.6 Å². The van der Waals surface area contributed by atoms with E-state index in [0.29, 0.717) is 17.9 Å². The number of nitrogens with one attached hydrogen (secondary N) is 2. The van der Waals surface area contributed by atoms with Crippen LogP contribution in [0.5, 0.6) is 11.5 Å². The number of thioether (sulfide) groups is 1. The Morgan fingerprint density at radius 1 is 1.38 bits per heavy atom. The van der Waals surface area contributed by atoms with Crippen LogP contribution in [0.4, 0.5) is 0 Å². The first-order chi connectivity index (χ1) is 11.0. The van der Waals surface area contributed by atoms with Crippen molar-refractivity contribution in [2.75, 3.05) is 32.3 Å². The Bertz CT molecular complexity index is 551. The molecule has 2 rings (SSSR count). The summed E-state index contributed by atoms with van der Waals surface area (Å²) in [7, 11) is 3.24. The maximum atomic E-state index is 12.3. The molecule has 0 bridgehead atoms.